The molecule has 0 aromatic heterocycles. The summed E-state index contributed by atoms with van der Waals surface area (Å²) in [6.07, 6.45) is 3.15. The number of halogens is 1. The first-order valence-corrected chi connectivity index (χ1v) is 7.99. The van der Waals surface area contributed by atoms with Crippen LogP contribution in [-0.2, 0) is 17.8 Å². The van der Waals surface area contributed by atoms with E-state index >= 15 is 0 Å². The van der Waals surface area contributed by atoms with Crippen LogP contribution in [0.25, 0.3) is 0 Å². The zero-order valence-corrected chi connectivity index (χ0v) is 13.1. The second-order valence-corrected chi connectivity index (χ2v) is 6.22. The molecule has 1 N–H and O–H groups in total. The van der Waals surface area contributed by atoms with Gasteiger partial charge in [0.25, 0.3) is 0 Å². The first-order chi connectivity index (χ1) is 10.1. The van der Waals surface area contributed by atoms with Crippen LogP contribution in [0.4, 0.5) is 0 Å². The lowest BCUT2D eigenvalue weighted by molar-refractivity contribution is -0.131. The van der Waals surface area contributed by atoms with Crippen molar-refractivity contribution in [3.63, 3.8) is 0 Å². The van der Waals surface area contributed by atoms with E-state index in [0.29, 0.717) is 13.2 Å². The second-order valence-electron chi connectivity index (χ2n) is 5.79. The van der Waals surface area contributed by atoms with Gasteiger partial charge in [0.2, 0.25) is 5.91 Å². The van der Waals surface area contributed by atoms with Crippen LogP contribution in [-0.4, -0.2) is 36.5 Å². The van der Waals surface area contributed by atoms with Crippen LogP contribution in [0.3, 0.4) is 0 Å². The highest BCUT2D eigenvalue weighted by Crippen LogP contribution is 2.32. The Kier molecular flexibility index (Phi) is 4.36. The molecule has 1 aromatic carbocycles. The van der Waals surface area contributed by atoms with E-state index in [-0.39, 0.29) is 11.9 Å². The Morgan fingerprint density at radius 1 is 1.43 bits per heavy atom. The fourth-order valence-corrected chi connectivity index (χ4v) is 3.30. The molecule has 1 fully saturated rings. The minimum atomic E-state index is -0.181. The van der Waals surface area contributed by atoms with E-state index in [2.05, 4.69) is 5.32 Å². The molecule has 3 rings (SSSR count). The third kappa shape index (κ3) is 3.16. The molecule has 1 unspecified atom stereocenters. The quantitative estimate of drug-likeness (QED) is 0.928. The average Bonchev–Trinajstić information content (AvgIpc) is 3.13. The van der Waals surface area contributed by atoms with Crippen LogP contribution >= 0.6 is 11.6 Å². The monoisotopic (exact) mass is 308 g/mol. The number of carbonyl (C=O) groups excluding carboxylic acids is 1. The molecule has 0 spiro atoms. The van der Waals surface area contributed by atoms with Crippen molar-refractivity contribution >= 4 is 17.5 Å². The summed E-state index contributed by atoms with van der Waals surface area (Å²) < 4.78 is 5.68. The number of carbonyl (C=O) groups is 1. The molecule has 1 aromatic rings. The molecule has 2 heterocycles. The van der Waals surface area contributed by atoms with Crippen LogP contribution in [0.15, 0.2) is 12.1 Å². The molecule has 1 atom stereocenters. The summed E-state index contributed by atoms with van der Waals surface area (Å²) in [6, 6.07) is 3.71. The molecule has 2 aliphatic rings. The Morgan fingerprint density at radius 2 is 2.19 bits per heavy atom. The number of amides is 1. The van der Waals surface area contributed by atoms with Crippen LogP contribution in [0.5, 0.6) is 5.75 Å². The summed E-state index contributed by atoms with van der Waals surface area (Å²) >= 11 is 6.15. The Morgan fingerprint density at radius 3 is 2.95 bits per heavy atom. The van der Waals surface area contributed by atoms with E-state index in [1.54, 1.807) is 0 Å². The number of nitrogens with zero attached hydrogens (tertiary/aromatic N) is 1. The van der Waals surface area contributed by atoms with Gasteiger partial charge in [-0.15, -0.1) is 0 Å². The van der Waals surface area contributed by atoms with Gasteiger partial charge in [0.15, 0.2) is 0 Å². The molecule has 0 saturated carbocycles. The summed E-state index contributed by atoms with van der Waals surface area (Å²) in [5, 5.41) is 4.03. The van der Waals surface area contributed by atoms with E-state index < -0.39 is 0 Å². The van der Waals surface area contributed by atoms with Crippen LogP contribution in [0, 0.1) is 0 Å². The van der Waals surface area contributed by atoms with E-state index in [1.165, 1.54) is 0 Å². The topological polar surface area (TPSA) is 41.6 Å². The van der Waals surface area contributed by atoms with Gasteiger partial charge >= 0.3 is 0 Å². The summed E-state index contributed by atoms with van der Waals surface area (Å²) in [7, 11) is 0. The number of rotatable bonds is 4. The number of hydrogen-bond acceptors (Lipinski definition) is 3. The fraction of sp³-hybridized carbons (Fsp3) is 0.562. The SMILES string of the molecule is CC(NCc1cc(Cl)cc2c1OCC2)C(=O)N1CCCC1. The Balaban J connectivity index is 1.63. The van der Waals surface area contributed by atoms with Gasteiger partial charge in [-0.25, -0.2) is 0 Å². The molecule has 0 radical (unpaired) electrons. The molecule has 114 valence electrons. The Bertz CT molecular complexity index is 541. The maximum absolute atomic E-state index is 12.3. The molecule has 4 nitrogen and oxygen atoms in total. The van der Waals surface area contributed by atoms with E-state index in [9.17, 15) is 4.79 Å². The van der Waals surface area contributed by atoms with Gasteiger partial charge in [0, 0.05) is 36.6 Å². The van der Waals surface area contributed by atoms with Crippen molar-refractivity contribution in [3.05, 3.63) is 28.3 Å². The van der Waals surface area contributed by atoms with Crippen molar-refractivity contribution in [3.8, 4) is 5.75 Å². The highest BCUT2D eigenvalue weighted by atomic mass is 35.5. The lowest BCUT2D eigenvalue weighted by Gasteiger charge is -2.21. The maximum atomic E-state index is 12.3. The second kappa shape index (κ2) is 6.24. The number of ether oxygens (including phenoxy) is 1. The Labute approximate surface area is 130 Å². The molecule has 5 heteroatoms. The Hall–Kier alpha value is -1.26. The standard InChI is InChI=1S/C16H21ClN2O2/c1-11(16(20)19-5-2-3-6-19)18-10-13-9-14(17)8-12-4-7-21-15(12)13/h8-9,11,18H,2-7,10H2,1H3. The van der Waals surface area contributed by atoms with Gasteiger partial charge in [-0.3, -0.25) is 4.79 Å². The van der Waals surface area contributed by atoms with Crippen molar-refractivity contribution < 1.29 is 9.53 Å². The molecule has 0 aliphatic carbocycles. The van der Waals surface area contributed by atoms with Crippen molar-refractivity contribution in [1.29, 1.82) is 0 Å². The average molecular weight is 309 g/mol. The molecular formula is C16H21ClN2O2. The smallest absolute Gasteiger partial charge is 0.239 e. The van der Waals surface area contributed by atoms with E-state index in [1.807, 2.05) is 24.0 Å². The summed E-state index contributed by atoms with van der Waals surface area (Å²) in [4.78, 5) is 14.2. The summed E-state index contributed by atoms with van der Waals surface area (Å²) in [6.45, 7) is 5.02. The third-order valence-electron chi connectivity index (χ3n) is 4.21. The zero-order chi connectivity index (χ0) is 14.8. The number of likely N-dealkylation sites (tertiary alicyclic amines) is 1. The predicted molar refractivity (Wildman–Crippen MR) is 82.8 cm³/mol. The summed E-state index contributed by atoms with van der Waals surface area (Å²) in [5.74, 6) is 1.12. The number of fused-ring (bicyclic) bond motifs is 1. The predicted octanol–water partition coefficient (Wildman–Crippen LogP) is 2.38. The largest absolute Gasteiger partial charge is 0.493 e. The molecule has 2 aliphatic heterocycles. The van der Waals surface area contributed by atoms with Crippen LogP contribution in [0.2, 0.25) is 5.02 Å². The third-order valence-corrected chi connectivity index (χ3v) is 4.43. The van der Waals surface area contributed by atoms with Gasteiger partial charge in [-0.2, -0.15) is 0 Å². The highest BCUT2D eigenvalue weighted by Gasteiger charge is 2.24. The molecule has 1 amide bonds. The number of nitrogens with one attached hydrogen (secondary N) is 1. The normalized spacial score (nSPS) is 18.5. The van der Waals surface area contributed by atoms with Crippen molar-refractivity contribution in [2.24, 2.45) is 0 Å². The molecule has 0 bridgehead atoms. The zero-order valence-electron chi connectivity index (χ0n) is 12.3. The minimum Gasteiger partial charge on any atom is -0.493 e. The molecule has 1 saturated heterocycles. The highest BCUT2D eigenvalue weighted by molar-refractivity contribution is 6.30. The molecular weight excluding hydrogens is 288 g/mol. The number of hydrogen-bond donors (Lipinski definition) is 1. The fourth-order valence-electron chi connectivity index (χ4n) is 3.04. The van der Waals surface area contributed by atoms with E-state index in [0.717, 1.165) is 54.3 Å². The van der Waals surface area contributed by atoms with Gasteiger partial charge in [-0.1, -0.05) is 11.6 Å². The lowest BCUT2D eigenvalue weighted by Crippen LogP contribution is -2.43. The van der Waals surface area contributed by atoms with Crippen molar-refractivity contribution in [2.45, 2.75) is 38.8 Å². The minimum absolute atomic E-state index is 0.181. The maximum Gasteiger partial charge on any atom is 0.239 e. The molecule has 21 heavy (non-hydrogen) atoms. The first kappa shape index (κ1) is 14.7. The van der Waals surface area contributed by atoms with Crippen LogP contribution < -0.4 is 10.1 Å². The first-order valence-electron chi connectivity index (χ1n) is 7.61. The number of benzene rings is 1. The van der Waals surface area contributed by atoms with Crippen molar-refractivity contribution in [2.75, 3.05) is 19.7 Å². The van der Waals surface area contributed by atoms with Gasteiger partial charge in [0.1, 0.15) is 5.75 Å². The summed E-state index contributed by atoms with van der Waals surface area (Å²) in [5.41, 5.74) is 2.20. The lowest BCUT2D eigenvalue weighted by atomic mass is 10.1. The van der Waals surface area contributed by atoms with Crippen LogP contribution in [0.1, 0.15) is 30.9 Å². The van der Waals surface area contributed by atoms with Gasteiger partial charge in [-0.05, 0) is 37.5 Å². The van der Waals surface area contributed by atoms with Crippen molar-refractivity contribution in [1.82, 2.24) is 10.2 Å². The van der Waals surface area contributed by atoms with Gasteiger partial charge < -0.3 is 15.0 Å². The van der Waals surface area contributed by atoms with Gasteiger partial charge in [0.05, 0.1) is 12.6 Å². The van der Waals surface area contributed by atoms with E-state index in [4.69, 9.17) is 16.3 Å².